The van der Waals surface area contributed by atoms with Crippen molar-refractivity contribution in [3.05, 3.63) is 28.3 Å². The summed E-state index contributed by atoms with van der Waals surface area (Å²) in [7, 11) is 1.72. The summed E-state index contributed by atoms with van der Waals surface area (Å²) in [5.74, 6) is 1.69. The van der Waals surface area contributed by atoms with E-state index in [1.165, 1.54) is 5.56 Å². The summed E-state index contributed by atoms with van der Waals surface area (Å²) < 4.78 is 5.48. The highest BCUT2D eigenvalue weighted by atomic mass is 35.5. The zero-order chi connectivity index (χ0) is 11.7. The molecule has 0 aromatic heterocycles. The molecule has 16 heavy (non-hydrogen) atoms. The van der Waals surface area contributed by atoms with Crippen molar-refractivity contribution in [1.29, 1.82) is 0 Å². The molecule has 2 atom stereocenters. The zero-order valence-electron chi connectivity index (χ0n) is 10.0. The van der Waals surface area contributed by atoms with Gasteiger partial charge in [0, 0.05) is 16.6 Å². The lowest BCUT2D eigenvalue weighted by atomic mass is 9.98. The second-order valence-electron chi connectivity index (χ2n) is 4.65. The molecule has 0 spiro atoms. The van der Waals surface area contributed by atoms with Crippen LogP contribution in [-0.4, -0.2) is 13.7 Å². The van der Waals surface area contributed by atoms with Gasteiger partial charge >= 0.3 is 0 Å². The summed E-state index contributed by atoms with van der Waals surface area (Å²) in [5.41, 5.74) is 2.29. The van der Waals surface area contributed by atoms with Crippen molar-refractivity contribution in [2.45, 2.75) is 26.3 Å². The van der Waals surface area contributed by atoms with Crippen molar-refractivity contribution in [2.75, 3.05) is 13.7 Å². The Kier molecular flexibility index (Phi) is 3.41. The minimum atomic E-state index is 0.377. The molecule has 2 nitrogen and oxygen atoms in total. The van der Waals surface area contributed by atoms with Crippen molar-refractivity contribution in [3.8, 4) is 5.75 Å². The van der Waals surface area contributed by atoms with E-state index >= 15 is 0 Å². The van der Waals surface area contributed by atoms with E-state index in [0.29, 0.717) is 12.0 Å². The van der Waals surface area contributed by atoms with Crippen molar-refractivity contribution < 1.29 is 4.74 Å². The normalized spacial score (nSPS) is 24.8. The standard InChI is InChI=1S/C13H18ClNO/c1-8-4-12(15-7-8)11-6-10(14)5-9(2)13(11)16-3/h5-6,8,12,15H,4,7H2,1-3H3/t8-,12-/m0/s1. The summed E-state index contributed by atoms with van der Waals surface area (Å²) >= 11 is 6.11. The van der Waals surface area contributed by atoms with Crippen LogP contribution in [0.2, 0.25) is 5.02 Å². The van der Waals surface area contributed by atoms with E-state index in [1.807, 2.05) is 19.1 Å². The maximum Gasteiger partial charge on any atom is 0.126 e. The van der Waals surface area contributed by atoms with E-state index in [0.717, 1.165) is 29.3 Å². The van der Waals surface area contributed by atoms with Crippen LogP contribution < -0.4 is 10.1 Å². The molecule has 0 unspecified atom stereocenters. The molecular formula is C13H18ClNO. The van der Waals surface area contributed by atoms with E-state index < -0.39 is 0 Å². The number of nitrogens with one attached hydrogen (secondary N) is 1. The maximum atomic E-state index is 6.11. The molecule has 0 bridgehead atoms. The minimum Gasteiger partial charge on any atom is -0.496 e. The average Bonchev–Trinajstić information content (AvgIpc) is 2.63. The smallest absolute Gasteiger partial charge is 0.126 e. The highest BCUT2D eigenvalue weighted by molar-refractivity contribution is 6.30. The van der Waals surface area contributed by atoms with Crippen molar-refractivity contribution in [1.82, 2.24) is 5.32 Å². The zero-order valence-corrected chi connectivity index (χ0v) is 10.8. The molecule has 0 aliphatic carbocycles. The van der Waals surface area contributed by atoms with Crippen LogP contribution in [0.1, 0.15) is 30.5 Å². The lowest BCUT2D eigenvalue weighted by Gasteiger charge is -2.17. The molecule has 1 fully saturated rings. The van der Waals surface area contributed by atoms with E-state index in [-0.39, 0.29) is 0 Å². The van der Waals surface area contributed by atoms with E-state index in [1.54, 1.807) is 7.11 Å². The molecular weight excluding hydrogens is 222 g/mol. The molecule has 1 heterocycles. The fourth-order valence-corrected chi connectivity index (χ4v) is 2.72. The van der Waals surface area contributed by atoms with E-state index in [2.05, 4.69) is 12.2 Å². The minimum absolute atomic E-state index is 0.377. The van der Waals surface area contributed by atoms with E-state index in [9.17, 15) is 0 Å². The van der Waals surface area contributed by atoms with Gasteiger partial charge in [-0.2, -0.15) is 0 Å². The van der Waals surface area contributed by atoms with Gasteiger partial charge in [0.05, 0.1) is 7.11 Å². The highest BCUT2D eigenvalue weighted by Gasteiger charge is 2.25. The van der Waals surface area contributed by atoms with Crippen LogP contribution >= 0.6 is 11.6 Å². The molecule has 2 rings (SSSR count). The average molecular weight is 240 g/mol. The van der Waals surface area contributed by atoms with Crippen molar-refractivity contribution in [3.63, 3.8) is 0 Å². The topological polar surface area (TPSA) is 21.3 Å². The fraction of sp³-hybridized carbons (Fsp3) is 0.538. The molecule has 0 radical (unpaired) electrons. The van der Waals surface area contributed by atoms with Gasteiger partial charge in [-0.15, -0.1) is 0 Å². The van der Waals surface area contributed by atoms with Crippen LogP contribution in [0.25, 0.3) is 0 Å². The van der Waals surface area contributed by atoms with Crippen LogP contribution in [0.4, 0.5) is 0 Å². The van der Waals surface area contributed by atoms with Crippen LogP contribution in [-0.2, 0) is 0 Å². The first-order valence-corrected chi connectivity index (χ1v) is 6.07. The summed E-state index contributed by atoms with van der Waals surface area (Å²) in [6, 6.07) is 4.34. The van der Waals surface area contributed by atoms with Gasteiger partial charge in [0.1, 0.15) is 5.75 Å². The van der Waals surface area contributed by atoms with Gasteiger partial charge in [0.2, 0.25) is 0 Å². The number of benzene rings is 1. The van der Waals surface area contributed by atoms with Crippen LogP contribution in [0.5, 0.6) is 5.75 Å². The Hall–Kier alpha value is -0.730. The summed E-state index contributed by atoms with van der Waals surface area (Å²) in [6.07, 6.45) is 1.15. The van der Waals surface area contributed by atoms with Crippen molar-refractivity contribution in [2.24, 2.45) is 5.92 Å². The molecule has 1 N–H and O–H groups in total. The first-order chi connectivity index (χ1) is 7.61. The third-order valence-electron chi connectivity index (χ3n) is 3.20. The second kappa shape index (κ2) is 4.64. The third kappa shape index (κ3) is 2.18. The second-order valence-corrected chi connectivity index (χ2v) is 5.08. The predicted molar refractivity (Wildman–Crippen MR) is 67.3 cm³/mol. The number of methoxy groups -OCH3 is 1. The SMILES string of the molecule is COc1c(C)cc(Cl)cc1[C@@H]1C[C@H](C)CN1. The number of ether oxygens (including phenoxy) is 1. The Bertz CT molecular complexity index is 392. The molecule has 1 aliphatic rings. The lowest BCUT2D eigenvalue weighted by molar-refractivity contribution is 0.399. The van der Waals surface area contributed by atoms with Crippen LogP contribution in [0, 0.1) is 12.8 Å². The maximum absolute atomic E-state index is 6.11. The van der Waals surface area contributed by atoms with Crippen LogP contribution in [0.3, 0.4) is 0 Å². The van der Waals surface area contributed by atoms with Gasteiger partial charge in [0.15, 0.2) is 0 Å². The molecule has 0 saturated carbocycles. The van der Waals surface area contributed by atoms with Gasteiger partial charge in [-0.25, -0.2) is 0 Å². The van der Waals surface area contributed by atoms with Gasteiger partial charge in [-0.1, -0.05) is 18.5 Å². The fourth-order valence-electron chi connectivity index (χ4n) is 2.44. The number of halogens is 1. The first kappa shape index (κ1) is 11.7. The molecule has 88 valence electrons. The first-order valence-electron chi connectivity index (χ1n) is 5.69. The summed E-state index contributed by atoms with van der Waals surface area (Å²) in [4.78, 5) is 0. The van der Waals surface area contributed by atoms with Gasteiger partial charge < -0.3 is 10.1 Å². The lowest BCUT2D eigenvalue weighted by Crippen LogP contribution is -2.14. The Morgan fingerprint density at radius 2 is 2.19 bits per heavy atom. The number of hydrogen-bond donors (Lipinski definition) is 1. The molecule has 1 aromatic carbocycles. The van der Waals surface area contributed by atoms with Gasteiger partial charge in [-0.05, 0) is 43.5 Å². The number of hydrogen-bond acceptors (Lipinski definition) is 2. The van der Waals surface area contributed by atoms with Crippen molar-refractivity contribution >= 4 is 11.6 Å². The van der Waals surface area contributed by atoms with Gasteiger partial charge in [0.25, 0.3) is 0 Å². The largest absolute Gasteiger partial charge is 0.496 e. The summed E-state index contributed by atoms with van der Waals surface area (Å²) in [5, 5.41) is 4.30. The quantitative estimate of drug-likeness (QED) is 0.855. The number of aryl methyl sites for hydroxylation is 1. The highest BCUT2D eigenvalue weighted by Crippen LogP contribution is 2.36. The van der Waals surface area contributed by atoms with Crippen LogP contribution in [0.15, 0.2) is 12.1 Å². The summed E-state index contributed by atoms with van der Waals surface area (Å²) in [6.45, 7) is 5.36. The molecule has 0 amide bonds. The molecule has 3 heteroatoms. The van der Waals surface area contributed by atoms with E-state index in [4.69, 9.17) is 16.3 Å². The number of rotatable bonds is 2. The Balaban J connectivity index is 2.38. The predicted octanol–water partition coefficient (Wildman–Crippen LogP) is 3.33. The molecule has 1 aromatic rings. The molecule has 1 saturated heterocycles. The Morgan fingerprint density at radius 3 is 2.75 bits per heavy atom. The third-order valence-corrected chi connectivity index (χ3v) is 3.42. The monoisotopic (exact) mass is 239 g/mol. The Labute approximate surface area is 102 Å². The van der Waals surface area contributed by atoms with Gasteiger partial charge in [-0.3, -0.25) is 0 Å². The molecule has 1 aliphatic heterocycles. The Morgan fingerprint density at radius 1 is 1.44 bits per heavy atom.